The molecule has 3 aromatic carbocycles. The number of rotatable bonds is 22. The maximum absolute atomic E-state index is 15.1. The van der Waals surface area contributed by atoms with Crippen LogP contribution in [0.15, 0.2) is 42.6 Å². The van der Waals surface area contributed by atoms with Gasteiger partial charge in [0.1, 0.15) is 35.8 Å². The fourth-order valence-corrected chi connectivity index (χ4v) is 13.5. The summed E-state index contributed by atoms with van der Waals surface area (Å²) in [5.74, 6) is -0.866. The molecule has 0 aliphatic carbocycles. The van der Waals surface area contributed by atoms with Crippen molar-refractivity contribution in [3.8, 4) is 11.5 Å². The molecule has 5 unspecified atom stereocenters. The monoisotopic (exact) mass is 1130 g/mol. The van der Waals surface area contributed by atoms with E-state index in [1.54, 1.807) is 6.20 Å². The fourth-order valence-electron chi connectivity index (χ4n) is 13.5. The van der Waals surface area contributed by atoms with Crippen LogP contribution in [0.25, 0.3) is 0 Å². The van der Waals surface area contributed by atoms with Gasteiger partial charge in [-0.15, -0.1) is 5.10 Å². The van der Waals surface area contributed by atoms with E-state index in [-0.39, 0.29) is 38.0 Å². The van der Waals surface area contributed by atoms with E-state index in [1.807, 2.05) is 17.0 Å². The van der Waals surface area contributed by atoms with Gasteiger partial charge in [0.05, 0.1) is 44.9 Å². The highest BCUT2D eigenvalue weighted by Gasteiger charge is 2.58. The van der Waals surface area contributed by atoms with Crippen molar-refractivity contribution in [2.45, 2.75) is 134 Å². The van der Waals surface area contributed by atoms with Gasteiger partial charge in [0.25, 0.3) is 5.91 Å². The molecule has 1 saturated heterocycles. The standard InChI is InChI=1S/C60H74N8O14/c1-36(69)62-51-57(80-39(4)72)56(79-38(3)71)49(35-78-37(2)70)81-59(51)68-34-42(63-64-68)14-11-26-75-28-30-77-31-29-76-27-19-50(73)61-20-25-67-58(74)43-15-5-6-18-46(43)60(67)47-32-40-12-7-21-65-23-9-16-44(52(40)65)54(47)82-55-45-17-10-24-66-22-8-13-41(53(45)66)33-48(55)60/h5-6,15,18,32-34,49,51,56-57,59H,7-14,16-17,19-31,35H2,1-4H3,(H,61,73)(H,62,69). The predicted octanol–water partition coefficient (Wildman–Crippen LogP) is 4.55. The number of anilines is 2. The predicted molar refractivity (Wildman–Crippen MR) is 296 cm³/mol. The molecule has 7 aliphatic rings. The van der Waals surface area contributed by atoms with Crippen molar-refractivity contribution in [1.29, 1.82) is 0 Å². The zero-order valence-corrected chi connectivity index (χ0v) is 47.3. The molecule has 5 atom stereocenters. The molecule has 438 valence electrons. The largest absolute Gasteiger partial charge is 0.463 e. The van der Waals surface area contributed by atoms with Crippen LogP contribution in [-0.2, 0) is 94.8 Å². The third-order valence-corrected chi connectivity index (χ3v) is 16.6. The number of nitrogens with one attached hydrogen (secondary N) is 2. The van der Waals surface area contributed by atoms with Crippen LogP contribution < -0.4 is 25.2 Å². The van der Waals surface area contributed by atoms with Crippen LogP contribution in [0.3, 0.4) is 0 Å². The number of hydrogen-bond acceptors (Lipinski definition) is 18. The number of aryl methyl sites for hydroxylation is 3. The van der Waals surface area contributed by atoms with Crippen LogP contribution in [0.4, 0.5) is 11.4 Å². The summed E-state index contributed by atoms with van der Waals surface area (Å²) in [6.07, 6.45) is 6.30. The van der Waals surface area contributed by atoms with Crippen molar-refractivity contribution in [2.75, 3.05) is 95.3 Å². The number of carbonyl (C=O) groups is 6. The topological polar surface area (TPSA) is 241 Å². The Hall–Kier alpha value is -7.14. The molecule has 1 spiro atoms. The first kappa shape index (κ1) is 56.7. The molecular formula is C60H74N8O14. The number of fused-ring (bicyclic) bond motifs is 8. The number of aromatic nitrogens is 3. The summed E-state index contributed by atoms with van der Waals surface area (Å²) in [6.45, 7) is 11.1. The molecule has 1 aromatic heterocycles. The molecule has 4 aromatic rings. The van der Waals surface area contributed by atoms with Crippen LogP contribution in [0.5, 0.6) is 11.5 Å². The lowest BCUT2D eigenvalue weighted by molar-refractivity contribution is -0.239. The average molecular weight is 1130 g/mol. The van der Waals surface area contributed by atoms with Crippen LogP contribution >= 0.6 is 0 Å². The van der Waals surface area contributed by atoms with E-state index in [0.29, 0.717) is 63.7 Å². The Morgan fingerprint density at radius 1 is 0.720 bits per heavy atom. The van der Waals surface area contributed by atoms with E-state index in [9.17, 15) is 24.0 Å². The van der Waals surface area contributed by atoms with Gasteiger partial charge in [0.2, 0.25) is 11.8 Å². The van der Waals surface area contributed by atoms with Crippen LogP contribution in [0.1, 0.15) is 127 Å². The van der Waals surface area contributed by atoms with Crippen molar-refractivity contribution < 1.29 is 66.7 Å². The summed E-state index contributed by atoms with van der Waals surface area (Å²) in [7, 11) is 0. The first-order chi connectivity index (χ1) is 39.8. The van der Waals surface area contributed by atoms with Gasteiger partial charge >= 0.3 is 17.9 Å². The number of benzene rings is 3. The summed E-state index contributed by atoms with van der Waals surface area (Å²) >= 11 is 0. The zero-order chi connectivity index (χ0) is 57.1. The van der Waals surface area contributed by atoms with E-state index in [1.165, 1.54) is 66.0 Å². The normalized spacial score (nSPS) is 21.5. The lowest BCUT2D eigenvalue weighted by Crippen LogP contribution is -2.64. The summed E-state index contributed by atoms with van der Waals surface area (Å²) in [5, 5.41) is 14.3. The minimum Gasteiger partial charge on any atom is -0.463 e. The quantitative estimate of drug-likeness (QED) is 0.0623. The smallest absolute Gasteiger partial charge is 0.303 e. The van der Waals surface area contributed by atoms with Gasteiger partial charge in [-0.2, -0.15) is 0 Å². The van der Waals surface area contributed by atoms with E-state index in [2.05, 4.69) is 55.0 Å². The third-order valence-electron chi connectivity index (χ3n) is 16.6. The molecule has 22 heteroatoms. The van der Waals surface area contributed by atoms with Crippen LogP contribution in [-0.4, -0.2) is 165 Å². The molecule has 8 heterocycles. The average Bonchev–Trinajstić information content (AvgIpc) is 1.44. The molecule has 11 rings (SSSR count). The lowest BCUT2D eigenvalue weighted by atomic mass is 9.70. The molecule has 82 heavy (non-hydrogen) atoms. The molecule has 0 radical (unpaired) electrons. The Morgan fingerprint density at radius 3 is 1.94 bits per heavy atom. The molecule has 1 fully saturated rings. The second kappa shape index (κ2) is 24.8. The Morgan fingerprint density at radius 2 is 1.32 bits per heavy atom. The second-order valence-corrected chi connectivity index (χ2v) is 22.2. The van der Waals surface area contributed by atoms with E-state index >= 15 is 4.79 Å². The van der Waals surface area contributed by atoms with Gasteiger partial charge in [-0.05, 0) is 99.1 Å². The molecule has 0 saturated carbocycles. The fraction of sp³-hybridized carbons (Fsp3) is 0.567. The highest BCUT2D eigenvalue weighted by atomic mass is 16.6. The first-order valence-corrected chi connectivity index (χ1v) is 29.1. The van der Waals surface area contributed by atoms with E-state index in [4.69, 9.17) is 37.9 Å². The van der Waals surface area contributed by atoms with Crippen molar-refractivity contribution in [1.82, 2.24) is 30.5 Å². The molecule has 7 aliphatic heterocycles. The first-order valence-electron chi connectivity index (χ1n) is 29.1. The van der Waals surface area contributed by atoms with Crippen molar-refractivity contribution in [3.05, 3.63) is 92.8 Å². The Balaban J connectivity index is 0.655. The number of ether oxygens (including phenoxy) is 8. The Labute approximate surface area is 476 Å². The highest BCUT2D eigenvalue weighted by molar-refractivity contribution is 6.03. The summed E-state index contributed by atoms with van der Waals surface area (Å²) in [6, 6.07) is 11.8. The van der Waals surface area contributed by atoms with Gasteiger partial charge in [0, 0.05) is 119 Å². The minimum absolute atomic E-state index is 0.0442. The van der Waals surface area contributed by atoms with Gasteiger partial charge in [-0.3, -0.25) is 28.8 Å². The number of hydrogen-bond donors (Lipinski definition) is 2. The molecular weight excluding hydrogens is 1060 g/mol. The molecule has 3 amide bonds. The highest BCUT2D eigenvalue weighted by Crippen LogP contribution is 2.62. The van der Waals surface area contributed by atoms with Crippen LogP contribution in [0.2, 0.25) is 0 Å². The van der Waals surface area contributed by atoms with Gasteiger partial charge < -0.3 is 63.2 Å². The molecule has 2 N–H and O–H groups in total. The SMILES string of the molecule is CC(=O)NC1C(OC(C)=O)C(OC(C)=O)C(COC(C)=O)OC1n1cc(CCCOCCOCCOCCC(=O)NCCN2C(=O)c3ccccc3C23c2cc4c5c(c2Oc2c3cc3c6c2CCCN6CCC3)CCCN5CCC4)nn1. The third kappa shape index (κ3) is 11.3. The molecule has 0 bridgehead atoms. The minimum atomic E-state index is -1.23. The Kier molecular flexibility index (Phi) is 17.1. The summed E-state index contributed by atoms with van der Waals surface area (Å²) < 4.78 is 48.6. The van der Waals surface area contributed by atoms with E-state index in [0.717, 1.165) is 106 Å². The molecule has 22 nitrogen and oxygen atoms in total. The maximum atomic E-state index is 15.1. The summed E-state index contributed by atoms with van der Waals surface area (Å²) in [4.78, 5) is 84.1. The Bertz CT molecular complexity index is 3010. The number of esters is 3. The van der Waals surface area contributed by atoms with Crippen LogP contribution in [0, 0.1) is 0 Å². The van der Waals surface area contributed by atoms with Gasteiger partial charge in [0.15, 0.2) is 18.4 Å². The van der Waals surface area contributed by atoms with E-state index < -0.39 is 59.9 Å². The second-order valence-electron chi connectivity index (χ2n) is 22.2. The van der Waals surface area contributed by atoms with Gasteiger partial charge in [-0.25, -0.2) is 4.68 Å². The number of carbonyl (C=O) groups excluding carboxylic acids is 6. The van der Waals surface area contributed by atoms with Crippen molar-refractivity contribution in [3.63, 3.8) is 0 Å². The lowest BCUT2D eigenvalue weighted by Gasteiger charge is -2.49. The zero-order valence-electron chi connectivity index (χ0n) is 47.3. The number of amides is 3. The van der Waals surface area contributed by atoms with Crippen molar-refractivity contribution in [2.24, 2.45) is 0 Å². The number of nitrogens with zero attached hydrogens (tertiary/aromatic N) is 6. The maximum Gasteiger partial charge on any atom is 0.303 e. The van der Waals surface area contributed by atoms with Crippen molar-refractivity contribution >= 4 is 47.0 Å². The summed E-state index contributed by atoms with van der Waals surface area (Å²) in [5.41, 5.74) is 11.2. The van der Waals surface area contributed by atoms with Gasteiger partial charge in [-0.1, -0.05) is 23.4 Å².